The number of carbonyl (C=O) groups is 1. The van der Waals surface area contributed by atoms with Gasteiger partial charge in [-0.15, -0.1) is 0 Å². The van der Waals surface area contributed by atoms with E-state index in [0.29, 0.717) is 12.3 Å². The number of hydrogen-bond donors (Lipinski definition) is 2. The number of nitrogens with one attached hydrogen (secondary N) is 1. The molecule has 2 fully saturated rings. The molecule has 0 spiro atoms. The number of piperidine rings is 2. The Morgan fingerprint density at radius 3 is 2.71 bits per heavy atom. The van der Waals surface area contributed by atoms with Crippen LogP contribution in [-0.2, 0) is 4.79 Å². The third-order valence-corrected chi connectivity index (χ3v) is 4.07. The van der Waals surface area contributed by atoms with Gasteiger partial charge in [0.15, 0.2) is 0 Å². The summed E-state index contributed by atoms with van der Waals surface area (Å²) in [4.78, 5) is 13.5. The maximum Gasteiger partial charge on any atom is 0.217 e. The van der Waals surface area contributed by atoms with Crippen molar-refractivity contribution in [2.24, 2.45) is 17.6 Å². The predicted octanol–water partition coefficient (Wildman–Crippen LogP) is 0.573. The fourth-order valence-electron chi connectivity index (χ4n) is 3.20. The van der Waals surface area contributed by atoms with Crippen molar-refractivity contribution in [2.75, 3.05) is 32.7 Å². The van der Waals surface area contributed by atoms with Gasteiger partial charge in [-0.25, -0.2) is 0 Å². The van der Waals surface area contributed by atoms with Crippen LogP contribution in [0.1, 0.15) is 32.1 Å². The fraction of sp³-hybridized carbons (Fsp3) is 0.923. The maximum atomic E-state index is 11.0. The van der Waals surface area contributed by atoms with Gasteiger partial charge in [0.05, 0.1) is 0 Å². The standard InChI is InChI=1S/C13H25N3O/c14-13(17)8-12-2-1-7-16(10-12)9-11-3-5-15-6-4-11/h11-12,15H,1-10H2,(H2,14,17). The molecule has 4 heteroatoms. The molecule has 1 amide bonds. The zero-order valence-corrected chi connectivity index (χ0v) is 10.7. The molecule has 2 saturated heterocycles. The van der Waals surface area contributed by atoms with Gasteiger partial charge in [0, 0.05) is 19.5 Å². The Morgan fingerprint density at radius 1 is 1.24 bits per heavy atom. The van der Waals surface area contributed by atoms with Gasteiger partial charge in [-0.2, -0.15) is 0 Å². The molecular weight excluding hydrogens is 214 g/mol. The van der Waals surface area contributed by atoms with Crippen LogP contribution < -0.4 is 11.1 Å². The zero-order valence-electron chi connectivity index (χ0n) is 10.7. The van der Waals surface area contributed by atoms with Crippen LogP contribution in [0.4, 0.5) is 0 Å². The van der Waals surface area contributed by atoms with Gasteiger partial charge in [0.2, 0.25) is 5.91 Å². The van der Waals surface area contributed by atoms with Crippen LogP contribution in [0.25, 0.3) is 0 Å². The van der Waals surface area contributed by atoms with E-state index in [2.05, 4.69) is 10.2 Å². The van der Waals surface area contributed by atoms with E-state index in [1.165, 1.54) is 51.9 Å². The van der Waals surface area contributed by atoms with Crippen molar-refractivity contribution in [3.63, 3.8) is 0 Å². The van der Waals surface area contributed by atoms with Gasteiger partial charge in [-0.1, -0.05) is 0 Å². The van der Waals surface area contributed by atoms with E-state index in [1.807, 2.05) is 0 Å². The first-order chi connectivity index (χ1) is 8.24. The number of amides is 1. The largest absolute Gasteiger partial charge is 0.370 e. The molecule has 2 rings (SSSR count). The highest BCUT2D eigenvalue weighted by atomic mass is 16.1. The van der Waals surface area contributed by atoms with Crippen LogP contribution in [0.2, 0.25) is 0 Å². The van der Waals surface area contributed by atoms with Gasteiger partial charge < -0.3 is 16.0 Å². The van der Waals surface area contributed by atoms with E-state index in [4.69, 9.17) is 5.73 Å². The predicted molar refractivity (Wildman–Crippen MR) is 68.6 cm³/mol. The average molecular weight is 239 g/mol. The monoisotopic (exact) mass is 239 g/mol. The topological polar surface area (TPSA) is 58.4 Å². The Labute approximate surface area is 104 Å². The summed E-state index contributed by atoms with van der Waals surface area (Å²) in [6, 6.07) is 0. The smallest absolute Gasteiger partial charge is 0.217 e. The van der Waals surface area contributed by atoms with Gasteiger partial charge in [0.25, 0.3) is 0 Å². The van der Waals surface area contributed by atoms with Crippen LogP contribution in [-0.4, -0.2) is 43.5 Å². The average Bonchev–Trinajstić information content (AvgIpc) is 2.30. The normalized spacial score (nSPS) is 28.1. The summed E-state index contributed by atoms with van der Waals surface area (Å²) in [5, 5.41) is 3.41. The summed E-state index contributed by atoms with van der Waals surface area (Å²) in [5.41, 5.74) is 5.29. The number of nitrogens with two attached hydrogens (primary N) is 1. The quantitative estimate of drug-likeness (QED) is 0.754. The third kappa shape index (κ3) is 4.28. The van der Waals surface area contributed by atoms with Crippen LogP contribution in [0.5, 0.6) is 0 Å². The second-order valence-electron chi connectivity index (χ2n) is 5.63. The Kier molecular flexibility index (Phi) is 4.80. The molecule has 17 heavy (non-hydrogen) atoms. The lowest BCUT2D eigenvalue weighted by Gasteiger charge is -2.35. The number of rotatable bonds is 4. The molecule has 0 aromatic rings. The lowest BCUT2D eigenvalue weighted by molar-refractivity contribution is -0.119. The number of carbonyl (C=O) groups excluding carboxylic acids is 1. The molecule has 1 atom stereocenters. The molecule has 98 valence electrons. The Hall–Kier alpha value is -0.610. The van der Waals surface area contributed by atoms with Crippen LogP contribution in [0, 0.1) is 11.8 Å². The fourth-order valence-corrected chi connectivity index (χ4v) is 3.20. The van der Waals surface area contributed by atoms with Crippen molar-refractivity contribution >= 4 is 5.91 Å². The highest BCUT2D eigenvalue weighted by molar-refractivity contribution is 5.74. The first-order valence-electron chi connectivity index (χ1n) is 6.95. The molecule has 0 aliphatic carbocycles. The van der Waals surface area contributed by atoms with E-state index in [1.54, 1.807) is 0 Å². The van der Waals surface area contributed by atoms with Crippen molar-refractivity contribution in [3.05, 3.63) is 0 Å². The minimum absolute atomic E-state index is 0.140. The Balaban J connectivity index is 1.74. The van der Waals surface area contributed by atoms with Gasteiger partial charge >= 0.3 is 0 Å². The lowest BCUT2D eigenvalue weighted by Crippen LogP contribution is -2.42. The minimum atomic E-state index is -0.140. The number of likely N-dealkylation sites (tertiary alicyclic amines) is 1. The molecule has 4 nitrogen and oxygen atoms in total. The highest BCUT2D eigenvalue weighted by Gasteiger charge is 2.24. The molecule has 2 aliphatic rings. The highest BCUT2D eigenvalue weighted by Crippen LogP contribution is 2.22. The van der Waals surface area contributed by atoms with Crippen molar-refractivity contribution in [2.45, 2.75) is 32.1 Å². The van der Waals surface area contributed by atoms with E-state index < -0.39 is 0 Å². The summed E-state index contributed by atoms with van der Waals surface area (Å²) in [5.74, 6) is 1.21. The SMILES string of the molecule is NC(=O)CC1CCCN(CC2CCNCC2)C1. The van der Waals surface area contributed by atoms with E-state index >= 15 is 0 Å². The molecule has 2 aliphatic heterocycles. The Bertz CT molecular complexity index is 251. The van der Waals surface area contributed by atoms with Gasteiger partial charge in [-0.05, 0) is 57.2 Å². The van der Waals surface area contributed by atoms with Crippen LogP contribution in [0.15, 0.2) is 0 Å². The summed E-state index contributed by atoms with van der Waals surface area (Å²) in [6.45, 7) is 5.84. The van der Waals surface area contributed by atoms with Crippen LogP contribution in [0.3, 0.4) is 0 Å². The molecule has 1 unspecified atom stereocenters. The Morgan fingerprint density at radius 2 is 2.00 bits per heavy atom. The number of nitrogens with zero attached hydrogens (tertiary/aromatic N) is 1. The maximum absolute atomic E-state index is 11.0. The molecule has 0 saturated carbocycles. The molecule has 0 aromatic heterocycles. The summed E-state index contributed by atoms with van der Waals surface area (Å²) < 4.78 is 0. The summed E-state index contributed by atoms with van der Waals surface area (Å²) in [7, 11) is 0. The molecule has 0 bridgehead atoms. The van der Waals surface area contributed by atoms with Crippen molar-refractivity contribution < 1.29 is 4.79 Å². The number of hydrogen-bond acceptors (Lipinski definition) is 3. The summed E-state index contributed by atoms with van der Waals surface area (Å²) >= 11 is 0. The third-order valence-electron chi connectivity index (χ3n) is 4.07. The molecular formula is C13H25N3O. The second-order valence-corrected chi connectivity index (χ2v) is 5.63. The van der Waals surface area contributed by atoms with Gasteiger partial charge in [-0.3, -0.25) is 4.79 Å². The molecule has 2 heterocycles. The van der Waals surface area contributed by atoms with Crippen molar-refractivity contribution in [1.29, 1.82) is 0 Å². The van der Waals surface area contributed by atoms with Crippen molar-refractivity contribution in [3.8, 4) is 0 Å². The number of primary amides is 1. The zero-order chi connectivity index (χ0) is 12.1. The first kappa shape index (κ1) is 12.8. The van der Waals surface area contributed by atoms with E-state index in [9.17, 15) is 4.79 Å². The molecule has 0 radical (unpaired) electrons. The van der Waals surface area contributed by atoms with E-state index in [0.717, 1.165) is 12.5 Å². The van der Waals surface area contributed by atoms with Crippen molar-refractivity contribution in [1.82, 2.24) is 10.2 Å². The van der Waals surface area contributed by atoms with E-state index in [-0.39, 0.29) is 5.91 Å². The first-order valence-corrected chi connectivity index (χ1v) is 6.95. The lowest BCUT2D eigenvalue weighted by atomic mass is 9.92. The second kappa shape index (κ2) is 6.36. The minimum Gasteiger partial charge on any atom is -0.370 e. The van der Waals surface area contributed by atoms with Crippen LogP contribution >= 0.6 is 0 Å². The summed E-state index contributed by atoms with van der Waals surface area (Å²) in [6.07, 6.45) is 5.57. The van der Waals surface area contributed by atoms with Gasteiger partial charge in [0.1, 0.15) is 0 Å². The molecule has 0 aromatic carbocycles. The molecule has 3 N–H and O–H groups in total.